The van der Waals surface area contributed by atoms with E-state index in [1.807, 2.05) is 25.2 Å². The Morgan fingerprint density at radius 2 is 1.83 bits per heavy atom. The number of rotatable bonds is 6. The van der Waals surface area contributed by atoms with Crippen LogP contribution in [0.25, 0.3) is 0 Å². The fourth-order valence-corrected chi connectivity index (χ4v) is 3.94. The van der Waals surface area contributed by atoms with Crippen LogP contribution in [-0.2, 0) is 13.1 Å². The number of urea groups is 1. The quantitative estimate of drug-likeness (QED) is 0.814. The molecule has 0 unspecified atom stereocenters. The number of nitrogens with one attached hydrogen (secondary N) is 1. The molecule has 2 aromatic rings. The van der Waals surface area contributed by atoms with Crippen molar-refractivity contribution in [2.24, 2.45) is 5.92 Å². The van der Waals surface area contributed by atoms with E-state index in [9.17, 15) is 4.79 Å². The van der Waals surface area contributed by atoms with Gasteiger partial charge in [-0.05, 0) is 55.1 Å². The van der Waals surface area contributed by atoms with Crippen LogP contribution in [0.15, 0.2) is 48.5 Å². The van der Waals surface area contributed by atoms with Gasteiger partial charge in [-0.15, -0.1) is 0 Å². The molecular formula is C23H29N3O3. The summed E-state index contributed by atoms with van der Waals surface area (Å²) in [7, 11) is 1.82. The van der Waals surface area contributed by atoms with Crippen molar-refractivity contribution in [1.29, 1.82) is 0 Å². The Balaban J connectivity index is 1.18. The molecule has 4 rings (SSSR count). The molecule has 0 atom stereocenters. The summed E-state index contributed by atoms with van der Waals surface area (Å²) in [5.74, 6) is 2.06. The normalized spacial score (nSPS) is 16.6. The maximum atomic E-state index is 12.5. The van der Waals surface area contributed by atoms with E-state index < -0.39 is 0 Å². The van der Waals surface area contributed by atoms with Crippen LogP contribution in [0.3, 0.4) is 0 Å². The van der Waals surface area contributed by atoms with E-state index in [1.165, 1.54) is 5.56 Å². The molecule has 2 amide bonds. The monoisotopic (exact) mass is 395 g/mol. The molecule has 1 fully saturated rings. The molecule has 2 heterocycles. The van der Waals surface area contributed by atoms with Crippen molar-refractivity contribution in [3.8, 4) is 11.5 Å². The third kappa shape index (κ3) is 5.21. The maximum Gasteiger partial charge on any atom is 0.317 e. The largest absolute Gasteiger partial charge is 0.454 e. The van der Waals surface area contributed by atoms with Crippen molar-refractivity contribution >= 4 is 6.03 Å². The Kier molecular flexibility index (Phi) is 6.20. The first-order valence-corrected chi connectivity index (χ1v) is 10.3. The summed E-state index contributed by atoms with van der Waals surface area (Å²) < 4.78 is 10.7. The second-order valence-corrected chi connectivity index (χ2v) is 7.93. The van der Waals surface area contributed by atoms with Crippen LogP contribution in [0.4, 0.5) is 4.79 Å². The lowest BCUT2D eigenvalue weighted by Crippen LogP contribution is -2.42. The average molecular weight is 396 g/mol. The fraction of sp³-hybridized carbons (Fsp3) is 0.435. The van der Waals surface area contributed by atoms with Gasteiger partial charge in [-0.3, -0.25) is 4.90 Å². The van der Waals surface area contributed by atoms with Gasteiger partial charge in [0.1, 0.15) is 0 Å². The molecule has 0 bridgehead atoms. The summed E-state index contributed by atoms with van der Waals surface area (Å²) in [5.41, 5.74) is 2.39. The maximum absolute atomic E-state index is 12.5. The molecule has 1 N–H and O–H groups in total. The van der Waals surface area contributed by atoms with Gasteiger partial charge in [0.05, 0.1) is 0 Å². The highest BCUT2D eigenvalue weighted by Gasteiger charge is 2.21. The van der Waals surface area contributed by atoms with Gasteiger partial charge in [0.2, 0.25) is 6.79 Å². The molecule has 2 aliphatic rings. The molecular weight excluding hydrogens is 366 g/mol. The lowest BCUT2D eigenvalue weighted by molar-refractivity contribution is 0.170. The van der Waals surface area contributed by atoms with Gasteiger partial charge in [0.15, 0.2) is 11.5 Å². The van der Waals surface area contributed by atoms with Crippen LogP contribution in [-0.4, -0.2) is 49.3 Å². The second-order valence-electron chi connectivity index (χ2n) is 7.93. The minimum atomic E-state index is -0.0330. The lowest BCUT2D eigenvalue weighted by Gasteiger charge is -2.32. The first-order chi connectivity index (χ1) is 14.2. The van der Waals surface area contributed by atoms with Crippen molar-refractivity contribution in [3.63, 3.8) is 0 Å². The molecule has 2 aliphatic heterocycles. The number of nitrogens with zero attached hydrogens (tertiary/aromatic N) is 2. The Morgan fingerprint density at radius 1 is 1.07 bits per heavy atom. The number of fused-ring (bicyclic) bond motifs is 1. The SMILES string of the molecule is CN(Cc1ccc2c(c1)OCO2)C(=O)NCC1CCN(Cc2ccccc2)CC1. The molecule has 0 saturated carbocycles. The Labute approximate surface area is 172 Å². The van der Waals surface area contributed by atoms with Crippen molar-refractivity contribution in [1.82, 2.24) is 15.1 Å². The fourth-order valence-electron chi connectivity index (χ4n) is 3.94. The van der Waals surface area contributed by atoms with Crippen LogP contribution >= 0.6 is 0 Å². The number of amides is 2. The summed E-state index contributed by atoms with van der Waals surface area (Å²) in [5, 5.41) is 3.10. The van der Waals surface area contributed by atoms with Crippen molar-refractivity contribution in [2.45, 2.75) is 25.9 Å². The predicted octanol–water partition coefficient (Wildman–Crippen LogP) is 3.47. The van der Waals surface area contributed by atoms with E-state index in [4.69, 9.17) is 9.47 Å². The van der Waals surface area contributed by atoms with E-state index in [0.717, 1.165) is 56.1 Å². The highest BCUT2D eigenvalue weighted by atomic mass is 16.7. The van der Waals surface area contributed by atoms with E-state index in [1.54, 1.807) is 4.90 Å². The summed E-state index contributed by atoms with van der Waals surface area (Å²) in [6, 6.07) is 16.4. The number of likely N-dealkylation sites (tertiary alicyclic amines) is 1. The van der Waals surface area contributed by atoms with Crippen molar-refractivity contribution < 1.29 is 14.3 Å². The van der Waals surface area contributed by atoms with Crippen LogP contribution in [0.2, 0.25) is 0 Å². The number of piperidine rings is 1. The molecule has 6 heteroatoms. The number of carbonyl (C=O) groups is 1. The van der Waals surface area contributed by atoms with Crippen LogP contribution in [0.5, 0.6) is 11.5 Å². The Hall–Kier alpha value is -2.73. The van der Waals surface area contributed by atoms with Crippen molar-refractivity contribution in [2.75, 3.05) is 33.5 Å². The average Bonchev–Trinajstić information content (AvgIpc) is 3.21. The zero-order valence-electron chi connectivity index (χ0n) is 17.0. The number of ether oxygens (including phenoxy) is 2. The number of carbonyl (C=O) groups excluding carboxylic acids is 1. The number of hydrogen-bond acceptors (Lipinski definition) is 4. The van der Waals surface area contributed by atoms with Crippen LogP contribution in [0.1, 0.15) is 24.0 Å². The summed E-state index contributed by atoms with van der Waals surface area (Å²) in [6.45, 7) is 4.73. The van der Waals surface area contributed by atoms with Crippen LogP contribution in [0, 0.1) is 5.92 Å². The predicted molar refractivity (Wildman–Crippen MR) is 112 cm³/mol. The first kappa shape index (κ1) is 19.6. The van der Waals surface area contributed by atoms with Crippen molar-refractivity contribution in [3.05, 3.63) is 59.7 Å². The van der Waals surface area contributed by atoms with Gasteiger partial charge in [0.25, 0.3) is 0 Å². The molecule has 0 radical (unpaired) electrons. The summed E-state index contributed by atoms with van der Waals surface area (Å²) in [6.07, 6.45) is 2.25. The standard InChI is InChI=1S/C23H29N3O3/c1-25(15-20-7-8-21-22(13-20)29-17-28-21)23(27)24-14-18-9-11-26(12-10-18)16-19-5-3-2-4-6-19/h2-8,13,18H,9-12,14-17H2,1H3,(H,24,27). The van der Waals surface area contributed by atoms with E-state index in [2.05, 4.69) is 40.5 Å². The highest BCUT2D eigenvalue weighted by Crippen LogP contribution is 2.32. The minimum Gasteiger partial charge on any atom is -0.454 e. The van der Waals surface area contributed by atoms with Gasteiger partial charge in [-0.2, -0.15) is 0 Å². The third-order valence-electron chi connectivity index (χ3n) is 5.70. The number of hydrogen-bond donors (Lipinski definition) is 1. The van der Waals surface area contributed by atoms with Gasteiger partial charge in [0, 0.05) is 26.7 Å². The van der Waals surface area contributed by atoms with E-state index >= 15 is 0 Å². The molecule has 6 nitrogen and oxygen atoms in total. The highest BCUT2D eigenvalue weighted by molar-refractivity contribution is 5.73. The molecule has 2 aromatic carbocycles. The Bertz CT molecular complexity index is 819. The molecule has 0 aromatic heterocycles. The zero-order valence-corrected chi connectivity index (χ0v) is 17.0. The zero-order chi connectivity index (χ0) is 20.1. The first-order valence-electron chi connectivity index (χ1n) is 10.3. The molecule has 0 spiro atoms. The van der Waals surface area contributed by atoms with Gasteiger partial charge < -0.3 is 19.7 Å². The molecule has 29 heavy (non-hydrogen) atoms. The van der Waals surface area contributed by atoms with E-state index in [0.29, 0.717) is 12.5 Å². The number of benzene rings is 2. The molecule has 0 aliphatic carbocycles. The van der Waals surface area contributed by atoms with Gasteiger partial charge in [-0.25, -0.2) is 4.79 Å². The summed E-state index contributed by atoms with van der Waals surface area (Å²) in [4.78, 5) is 16.7. The Morgan fingerprint density at radius 3 is 2.62 bits per heavy atom. The second kappa shape index (κ2) is 9.18. The lowest BCUT2D eigenvalue weighted by atomic mass is 9.96. The van der Waals surface area contributed by atoms with Gasteiger partial charge in [-0.1, -0.05) is 36.4 Å². The molecule has 154 valence electrons. The summed E-state index contributed by atoms with van der Waals surface area (Å²) >= 11 is 0. The smallest absolute Gasteiger partial charge is 0.317 e. The van der Waals surface area contributed by atoms with Crippen LogP contribution < -0.4 is 14.8 Å². The third-order valence-corrected chi connectivity index (χ3v) is 5.70. The minimum absolute atomic E-state index is 0.0330. The molecule has 1 saturated heterocycles. The topological polar surface area (TPSA) is 54.0 Å². The van der Waals surface area contributed by atoms with E-state index in [-0.39, 0.29) is 12.8 Å². The van der Waals surface area contributed by atoms with Gasteiger partial charge >= 0.3 is 6.03 Å².